The molecule has 1 rings (SSSR count). The van der Waals surface area contributed by atoms with Crippen molar-refractivity contribution in [2.45, 2.75) is 45.9 Å². The van der Waals surface area contributed by atoms with Crippen molar-refractivity contribution in [2.24, 2.45) is 0 Å². The lowest BCUT2D eigenvalue weighted by molar-refractivity contribution is -0.147. The Morgan fingerprint density at radius 3 is 2.48 bits per heavy atom. The van der Waals surface area contributed by atoms with Crippen molar-refractivity contribution >= 4 is 12.1 Å². The van der Waals surface area contributed by atoms with Crippen LogP contribution in [0.3, 0.4) is 0 Å². The van der Waals surface area contributed by atoms with Gasteiger partial charge in [0.15, 0.2) is 0 Å². The number of carbonyl (C=O) groups is 2. The summed E-state index contributed by atoms with van der Waals surface area (Å²) in [4.78, 5) is 23.2. The third-order valence-electron chi connectivity index (χ3n) is 2.41. The number of alkyl carbamates (subject to hydrolysis) is 1. The van der Waals surface area contributed by atoms with Crippen LogP contribution in [0.2, 0.25) is 0 Å². The van der Waals surface area contributed by atoms with Gasteiger partial charge in [0.2, 0.25) is 0 Å². The summed E-state index contributed by atoms with van der Waals surface area (Å²) >= 11 is 0. The van der Waals surface area contributed by atoms with Gasteiger partial charge in [-0.3, -0.25) is 0 Å². The number of rotatable bonds is 4. The zero-order chi connectivity index (χ0) is 16.0. The Morgan fingerprint density at radius 2 is 1.90 bits per heavy atom. The summed E-state index contributed by atoms with van der Waals surface area (Å²) in [6.07, 6.45) is -0.710. The topological polar surface area (TPSA) is 64.6 Å². The van der Waals surface area contributed by atoms with E-state index in [1.54, 1.807) is 32.9 Å². The molecule has 0 fully saturated rings. The van der Waals surface area contributed by atoms with Gasteiger partial charge < -0.3 is 14.8 Å². The van der Waals surface area contributed by atoms with Crippen LogP contribution >= 0.6 is 0 Å². The second-order valence-corrected chi connectivity index (χ2v) is 5.57. The number of halogens is 1. The van der Waals surface area contributed by atoms with Crippen molar-refractivity contribution in [3.63, 3.8) is 0 Å². The summed E-state index contributed by atoms with van der Waals surface area (Å²) in [5, 5.41) is 2.36. The van der Waals surface area contributed by atoms with Crippen LogP contribution in [0.1, 0.15) is 33.3 Å². The van der Waals surface area contributed by atoms with Crippen molar-refractivity contribution in [1.29, 1.82) is 0 Å². The third kappa shape index (κ3) is 6.25. The van der Waals surface area contributed by atoms with E-state index in [1.807, 2.05) is 0 Å². The number of nitrogens with one attached hydrogen (secondary N) is 1. The molecule has 0 spiro atoms. The maximum Gasteiger partial charge on any atom is 0.408 e. The second-order valence-electron chi connectivity index (χ2n) is 5.57. The van der Waals surface area contributed by atoms with Gasteiger partial charge >= 0.3 is 12.1 Å². The van der Waals surface area contributed by atoms with Gasteiger partial charge in [-0.2, -0.15) is 0 Å². The highest BCUT2D eigenvalue weighted by atomic mass is 19.1. The summed E-state index contributed by atoms with van der Waals surface area (Å²) in [5.74, 6) is -1.11. The summed E-state index contributed by atoms with van der Waals surface area (Å²) < 4.78 is 23.3. The van der Waals surface area contributed by atoms with E-state index in [9.17, 15) is 14.0 Å². The monoisotopic (exact) mass is 297 g/mol. The van der Waals surface area contributed by atoms with E-state index in [4.69, 9.17) is 9.47 Å². The first kappa shape index (κ1) is 16.9. The van der Waals surface area contributed by atoms with Gasteiger partial charge in [-0.05, 0) is 33.8 Å². The molecule has 0 aliphatic heterocycles. The van der Waals surface area contributed by atoms with Crippen LogP contribution in [-0.2, 0) is 20.9 Å². The number of carbonyl (C=O) groups excluding carboxylic acids is 2. The molecule has 1 aromatic carbocycles. The molecule has 1 atom stereocenters. The van der Waals surface area contributed by atoms with Gasteiger partial charge in [-0.25, -0.2) is 14.0 Å². The third-order valence-corrected chi connectivity index (χ3v) is 2.41. The molecule has 0 aliphatic carbocycles. The van der Waals surface area contributed by atoms with Gasteiger partial charge in [0.05, 0.1) is 0 Å². The van der Waals surface area contributed by atoms with E-state index in [2.05, 4.69) is 5.32 Å². The van der Waals surface area contributed by atoms with Crippen LogP contribution in [0.4, 0.5) is 9.18 Å². The molecule has 5 nitrogen and oxygen atoms in total. The minimum absolute atomic E-state index is 0.189. The Balaban J connectivity index is 2.45. The van der Waals surface area contributed by atoms with Crippen LogP contribution < -0.4 is 5.32 Å². The van der Waals surface area contributed by atoms with Crippen LogP contribution in [-0.4, -0.2) is 23.7 Å². The van der Waals surface area contributed by atoms with E-state index in [0.29, 0.717) is 0 Å². The molecule has 1 unspecified atom stereocenters. The van der Waals surface area contributed by atoms with Crippen molar-refractivity contribution < 1.29 is 23.5 Å². The molecule has 116 valence electrons. The van der Waals surface area contributed by atoms with Crippen LogP contribution in [0.5, 0.6) is 0 Å². The number of hydrogen-bond donors (Lipinski definition) is 1. The molecule has 0 saturated heterocycles. The molecule has 21 heavy (non-hydrogen) atoms. The molecule has 1 amide bonds. The van der Waals surface area contributed by atoms with E-state index in [0.717, 1.165) is 0 Å². The van der Waals surface area contributed by atoms with E-state index < -0.39 is 29.5 Å². The molecule has 1 aromatic rings. The van der Waals surface area contributed by atoms with Gasteiger partial charge in [0.1, 0.15) is 24.1 Å². The van der Waals surface area contributed by atoms with Gasteiger partial charge in [0, 0.05) is 5.56 Å². The molecule has 0 radical (unpaired) electrons. The first-order valence-electron chi connectivity index (χ1n) is 6.58. The van der Waals surface area contributed by atoms with Crippen molar-refractivity contribution in [3.8, 4) is 0 Å². The second kappa shape index (κ2) is 7.06. The molecule has 1 N–H and O–H groups in total. The lowest BCUT2D eigenvalue weighted by Gasteiger charge is -2.21. The maximum atomic E-state index is 13.4. The SMILES string of the molecule is CC(NC(=O)OC(C)(C)C)C(=O)OCc1ccccc1F. The number of ether oxygens (including phenoxy) is 2. The average molecular weight is 297 g/mol. The van der Waals surface area contributed by atoms with E-state index in [1.165, 1.54) is 19.1 Å². The normalized spacial score (nSPS) is 12.4. The first-order valence-corrected chi connectivity index (χ1v) is 6.58. The number of esters is 1. The highest BCUT2D eigenvalue weighted by molar-refractivity contribution is 5.81. The number of benzene rings is 1. The highest BCUT2D eigenvalue weighted by Gasteiger charge is 2.22. The smallest absolute Gasteiger partial charge is 0.408 e. The summed E-state index contributed by atoms with van der Waals surface area (Å²) in [5.41, 5.74) is -0.378. The molecule has 6 heteroatoms. The largest absolute Gasteiger partial charge is 0.459 e. The Hall–Kier alpha value is -2.11. The molecule has 0 heterocycles. The molecule has 0 aromatic heterocycles. The van der Waals surface area contributed by atoms with Crippen LogP contribution in [0.15, 0.2) is 24.3 Å². The van der Waals surface area contributed by atoms with Crippen molar-refractivity contribution in [3.05, 3.63) is 35.6 Å². The Bertz CT molecular complexity index is 511. The highest BCUT2D eigenvalue weighted by Crippen LogP contribution is 2.09. The molecular formula is C15H20FNO4. The summed E-state index contributed by atoms with van der Waals surface area (Å²) in [6, 6.07) is 5.12. The van der Waals surface area contributed by atoms with Crippen molar-refractivity contribution in [1.82, 2.24) is 5.32 Å². The number of amides is 1. The standard InChI is InChI=1S/C15H20FNO4/c1-10(17-14(19)21-15(2,3)4)13(18)20-9-11-7-5-6-8-12(11)16/h5-8,10H,9H2,1-4H3,(H,17,19). The first-order chi connectivity index (χ1) is 9.69. The predicted molar refractivity (Wildman–Crippen MR) is 75.0 cm³/mol. The van der Waals surface area contributed by atoms with E-state index in [-0.39, 0.29) is 12.2 Å². The molecule has 0 saturated carbocycles. The van der Waals surface area contributed by atoms with Gasteiger partial charge in [-0.1, -0.05) is 18.2 Å². The zero-order valence-electron chi connectivity index (χ0n) is 12.6. The molecule has 0 aliphatic rings. The Morgan fingerprint density at radius 1 is 1.29 bits per heavy atom. The fourth-order valence-electron chi connectivity index (χ4n) is 1.43. The fourth-order valence-corrected chi connectivity index (χ4v) is 1.43. The Labute approximate surface area is 123 Å². The Kier molecular flexibility index (Phi) is 5.69. The average Bonchev–Trinajstić information content (AvgIpc) is 2.34. The van der Waals surface area contributed by atoms with Crippen LogP contribution in [0.25, 0.3) is 0 Å². The quantitative estimate of drug-likeness (QED) is 0.868. The minimum Gasteiger partial charge on any atom is -0.459 e. The van der Waals surface area contributed by atoms with Gasteiger partial charge in [0.25, 0.3) is 0 Å². The van der Waals surface area contributed by atoms with E-state index >= 15 is 0 Å². The van der Waals surface area contributed by atoms with Gasteiger partial charge in [-0.15, -0.1) is 0 Å². The lowest BCUT2D eigenvalue weighted by Crippen LogP contribution is -2.42. The maximum absolute atomic E-state index is 13.4. The summed E-state index contributed by atoms with van der Waals surface area (Å²) in [6.45, 7) is 6.43. The minimum atomic E-state index is -0.883. The zero-order valence-corrected chi connectivity index (χ0v) is 12.6. The molecule has 0 bridgehead atoms. The lowest BCUT2D eigenvalue weighted by atomic mass is 10.2. The van der Waals surface area contributed by atoms with Crippen LogP contribution in [0, 0.1) is 5.82 Å². The number of hydrogen-bond acceptors (Lipinski definition) is 4. The summed E-state index contributed by atoms with van der Waals surface area (Å²) in [7, 11) is 0. The van der Waals surface area contributed by atoms with Crippen molar-refractivity contribution in [2.75, 3.05) is 0 Å². The predicted octanol–water partition coefficient (Wildman–Crippen LogP) is 2.78. The fraction of sp³-hybridized carbons (Fsp3) is 0.467. The molecular weight excluding hydrogens is 277 g/mol.